The van der Waals surface area contributed by atoms with Gasteiger partial charge in [0.15, 0.2) is 0 Å². The van der Waals surface area contributed by atoms with E-state index < -0.39 is 0 Å². The summed E-state index contributed by atoms with van der Waals surface area (Å²) >= 11 is 7.53. The van der Waals surface area contributed by atoms with Crippen molar-refractivity contribution in [2.45, 2.75) is 13.1 Å². The van der Waals surface area contributed by atoms with Gasteiger partial charge in [0.2, 0.25) is 0 Å². The minimum atomic E-state index is -0.243. The molecule has 2 amide bonds. The minimum absolute atomic E-state index is 0.194. The van der Waals surface area contributed by atoms with Crippen LogP contribution in [-0.2, 0) is 13.1 Å². The number of nitrogens with zero attached hydrogens (tertiary/aromatic N) is 4. The Labute approximate surface area is 212 Å². The second kappa shape index (κ2) is 9.07. The van der Waals surface area contributed by atoms with Crippen molar-refractivity contribution < 1.29 is 9.59 Å². The van der Waals surface area contributed by atoms with E-state index in [1.165, 1.54) is 21.8 Å². The number of piperazine rings is 1. The van der Waals surface area contributed by atoms with E-state index in [2.05, 4.69) is 26.9 Å². The highest BCUT2D eigenvalue weighted by Gasteiger charge is 2.39. The SMILES string of the molecule is O=C1c2cccc(N3CCN(Cc4ccc(Cl)cc4)CC3)c2C(=O)N1Cc1nc2ccccc2s1. The summed E-state index contributed by atoms with van der Waals surface area (Å²) < 4.78 is 1.05. The lowest BCUT2D eigenvalue weighted by Gasteiger charge is -2.36. The number of para-hydroxylation sites is 1. The van der Waals surface area contributed by atoms with Gasteiger partial charge in [0.1, 0.15) is 5.01 Å². The molecule has 3 aromatic carbocycles. The Balaban J connectivity index is 1.18. The Bertz CT molecular complexity index is 1390. The van der Waals surface area contributed by atoms with Gasteiger partial charge in [-0.15, -0.1) is 11.3 Å². The summed E-state index contributed by atoms with van der Waals surface area (Å²) in [5.74, 6) is -0.476. The second-order valence-electron chi connectivity index (χ2n) is 8.86. The minimum Gasteiger partial charge on any atom is -0.368 e. The molecule has 4 aromatic rings. The number of carbonyl (C=O) groups is 2. The zero-order valence-corrected chi connectivity index (χ0v) is 20.6. The third-order valence-electron chi connectivity index (χ3n) is 6.64. The molecule has 2 aliphatic heterocycles. The molecule has 0 saturated carbocycles. The van der Waals surface area contributed by atoms with Crippen LogP contribution in [0.3, 0.4) is 0 Å². The van der Waals surface area contributed by atoms with Crippen LogP contribution in [0.5, 0.6) is 0 Å². The molecule has 35 heavy (non-hydrogen) atoms. The molecule has 6 rings (SSSR count). The van der Waals surface area contributed by atoms with Crippen LogP contribution in [0.15, 0.2) is 66.7 Å². The number of thiazole rings is 1. The van der Waals surface area contributed by atoms with Crippen LogP contribution in [0.2, 0.25) is 5.02 Å². The van der Waals surface area contributed by atoms with E-state index in [4.69, 9.17) is 11.6 Å². The van der Waals surface area contributed by atoms with Crippen molar-refractivity contribution in [3.8, 4) is 0 Å². The standard InChI is InChI=1S/C27H23ClN4O2S/c28-19-10-8-18(9-11-19)16-30-12-14-31(15-13-30)22-6-3-4-20-25(22)27(34)32(26(20)33)17-24-29-21-5-1-2-7-23(21)35-24/h1-11H,12-17H2. The van der Waals surface area contributed by atoms with Gasteiger partial charge in [0, 0.05) is 37.7 Å². The molecule has 0 aliphatic carbocycles. The average molecular weight is 503 g/mol. The van der Waals surface area contributed by atoms with E-state index in [1.54, 1.807) is 6.07 Å². The third kappa shape index (κ3) is 4.20. The van der Waals surface area contributed by atoms with Gasteiger partial charge < -0.3 is 4.90 Å². The number of aromatic nitrogens is 1. The Morgan fingerprint density at radius 3 is 2.37 bits per heavy atom. The number of benzene rings is 3. The maximum Gasteiger partial charge on any atom is 0.264 e. The number of imide groups is 1. The van der Waals surface area contributed by atoms with Crippen molar-refractivity contribution in [2.24, 2.45) is 0 Å². The maximum atomic E-state index is 13.5. The van der Waals surface area contributed by atoms with Crippen LogP contribution < -0.4 is 4.90 Å². The van der Waals surface area contributed by atoms with Gasteiger partial charge in [-0.05, 0) is 42.0 Å². The first-order valence-electron chi connectivity index (χ1n) is 11.6. The molecule has 6 nitrogen and oxygen atoms in total. The summed E-state index contributed by atoms with van der Waals surface area (Å²) in [4.78, 5) is 37.2. The molecule has 1 saturated heterocycles. The number of fused-ring (bicyclic) bond motifs is 2. The monoisotopic (exact) mass is 502 g/mol. The number of amides is 2. The third-order valence-corrected chi connectivity index (χ3v) is 7.91. The lowest BCUT2D eigenvalue weighted by Crippen LogP contribution is -2.46. The molecule has 1 fully saturated rings. The van der Waals surface area contributed by atoms with Gasteiger partial charge >= 0.3 is 0 Å². The van der Waals surface area contributed by atoms with Crippen LogP contribution in [-0.4, -0.2) is 52.8 Å². The van der Waals surface area contributed by atoms with Crippen molar-refractivity contribution in [1.82, 2.24) is 14.8 Å². The summed E-state index contributed by atoms with van der Waals surface area (Å²) in [5, 5.41) is 1.51. The Morgan fingerprint density at radius 2 is 1.60 bits per heavy atom. The highest BCUT2D eigenvalue weighted by atomic mass is 35.5. The molecule has 0 atom stereocenters. The van der Waals surface area contributed by atoms with Crippen LogP contribution in [0.25, 0.3) is 10.2 Å². The predicted molar refractivity (Wildman–Crippen MR) is 139 cm³/mol. The first kappa shape index (κ1) is 22.2. The summed E-state index contributed by atoms with van der Waals surface area (Å²) in [5.41, 5.74) is 3.97. The van der Waals surface area contributed by atoms with E-state index in [1.807, 2.05) is 48.5 Å². The van der Waals surface area contributed by atoms with Crippen LogP contribution in [0.1, 0.15) is 31.3 Å². The van der Waals surface area contributed by atoms with Crippen molar-refractivity contribution in [3.05, 3.63) is 93.5 Å². The number of hydrogen-bond acceptors (Lipinski definition) is 6. The summed E-state index contributed by atoms with van der Waals surface area (Å²) in [6.45, 7) is 4.41. The predicted octanol–water partition coefficient (Wildman–Crippen LogP) is 5.07. The molecule has 0 spiro atoms. The fraction of sp³-hybridized carbons (Fsp3) is 0.222. The first-order valence-corrected chi connectivity index (χ1v) is 12.8. The molecule has 0 N–H and O–H groups in total. The molecule has 0 bridgehead atoms. The van der Waals surface area contributed by atoms with Gasteiger partial charge in [0.05, 0.1) is 33.6 Å². The molecule has 176 valence electrons. The van der Waals surface area contributed by atoms with Gasteiger partial charge in [-0.2, -0.15) is 0 Å². The van der Waals surface area contributed by atoms with Crippen molar-refractivity contribution in [2.75, 3.05) is 31.1 Å². The highest BCUT2D eigenvalue weighted by Crippen LogP contribution is 2.34. The first-order chi connectivity index (χ1) is 17.1. The van der Waals surface area contributed by atoms with Crippen molar-refractivity contribution in [1.29, 1.82) is 0 Å². The highest BCUT2D eigenvalue weighted by molar-refractivity contribution is 7.18. The quantitative estimate of drug-likeness (QED) is 0.357. The lowest BCUT2D eigenvalue weighted by atomic mass is 10.1. The molecule has 3 heterocycles. The van der Waals surface area contributed by atoms with Gasteiger partial charge in [-0.3, -0.25) is 19.4 Å². The fourth-order valence-electron chi connectivity index (χ4n) is 4.84. The Morgan fingerprint density at radius 1 is 0.829 bits per heavy atom. The Hall–Kier alpha value is -3.26. The molecule has 8 heteroatoms. The van der Waals surface area contributed by atoms with E-state index in [-0.39, 0.29) is 18.4 Å². The van der Waals surface area contributed by atoms with Gasteiger partial charge in [0.25, 0.3) is 11.8 Å². The van der Waals surface area contributed by atoms with Crippen LogP contribution >= 0.6 is 22.9 Å². The zero-order chi connectivity index (χ0) is 23.9. The number of hydrogen-bond donors (Lipinski definition) is 0. The second-order valence-corrected chi connectivity index (χ2v) is 10.4. The van der Waals surface area contributed by atoms with Gasteiger partial charge in [-0.25, -0.2) is 4.98 Å². The summed E-state index contributed by atoms with van der Waals surface area (Å²) in [6, 6.07) is 21.4. The van der Waals surface area contributed by atoms with E-state index >= 15 is 0 Å². The molecule has 0 unspecified atom stereocenters. The van der Waals surface area contributed by atoms with Crippen molar-refractivity contribution >= 4 is 50.7 Å². The maximum absolute atomic E-state index is 13.5. The summed E-state index contributed by atoms with van der Waals surface area (Å²) in [7, 11) is 0. The topological polar surface area (TPSA) is 56.8 Å². The van der Waals surface area contributed by atoms with E-state index in [0.29, 0.717) is 11.1 Å². The Kier molecular flexibility index (Phi) is 5.76. The molecule has 1 aromatic heterocycles. The van der Waals surface area contributed by atoms with Crippen molar-refractivity contribution in [3.63, 3.8) is 0 Å². The zero-order valence-electron chi connectivity index (χ0n) is 19.0. The largest absolute Gasteiger partial charge is 0.368 e. The number of carbonyl (C=O) groups excluding carboxylic acids is 2. The van der Waals surface area contributed by atoms with Crippen LogP contribution in [0, 0.1) is 0 Å². The van der Waals surface area contributed by atoms with Crippen LogP contribution in [0.4, 0.5) is 5.69 Å². The lowest BCUT2D eigenvalue weighted by molar-refractivity contribution is 0.0642. The van der Waals surface area contributed by atoms with E-state index in [9.17, 15) is 9.59 Å². The molecular weight excluding hydrogens is 480 g/mol. The molecule has 0 radical (unpaired) electrons. The molecule has 2 aliphatic rings. The fourth-order valence-corrected chi connectivity index (χ4v) is 5.92. The number of halogens is 1. The normalized spacial score (nSPS) is 16.4. The smallest absolute Gasteiger partial charge is 0.264 e. The molecular formula is C27H23ClN4O2S. The van der Waals surface area contributed by atoms with Gasteiger partial charge in [-0.1, -0.05) is 41.9 Å². The van der Waals surface area contributed by atoms with E-state index in [0.717, 1.165) is 58.7 Å². The number of anilines is 1. The average Bonchev–Trinajstić information content (AvgIpc) is 3.40. The summed E-state index contributed by atoms with van der Waals surface area (Å²) in [6.07, 6.45) is 0. The number of rotatable bonds is 5.